The van der Waals surface area contributed by atoms with E-state index in [0.29, 0.717) is 12.4 Å². The highest BCUT2D eigenvalue weighted by molar-refractivity contribution is 7.09. The molecule has 1 fully saturated rings. The zero-order valence-electron chi connectivity index (χ0n) is 13.2. The van der Waals surface area contributed by atoms with Crippen LogP contribution in [0.2, 0.25) is 0 Å². The molecule has 1 N–H and O–H groups in total. The third kappa shape index (κ3) is 3.13. The molecule has 0 spiro atoms. The molecule has 0 bridgehead atoms. The Labute approximate surface area is 144 Å². The summed E-state index contributed by atoms with van der Waals surface area (Å²) >= 11 is 1.65. The lowest BCUT2D eigenvalue weighted by molar-refractivity contribution is 0.111. The Morgan fingerprint density at radius 3 is 3.00 bits per heavy atom. The van der Waals surface area contributed by atoms with Gasteiger partial charge < -0.3 is 14.4 Å². The molecule has 124 valence electrons. The summed E-state index contributed by atoms with van der Waals surface area (Å²) in [5.74, 6) is 0.632. The van der Waals surface area contributed by atoms with Crippen LogP contribution in [0.15, 0.2) is 48.1 Å². The number of ether oxygens (including phenoxy) is 1. The number of thiazole rings is 1. The number of benzene rings is 1. The first kappa shape index (κ1) is 15.5. The smallest absolute Gasteiger partial charge is 0.142 e. The third-order valence-corrected chi connectivity index (χ3v) is 5.20. The first-order chi connectivity index (χ1) is 11.8. The van der Waals surface area contributed by atoms with Gasteiger partial charge in [0, 0.05) is 24.4 Å². The first-order valence-corrected chi connectivity index (χ1v) is 8.99. The molecule has 0 unspecified atom stereocenters. The van der Waals surface area contributed by atoms with Gasteiger partial charge in [0.25, 0.3) is 0 Å². The van der Waals surface area contributed by atoms with E-state index in [2.05, 4.69) is 10.4 Å². The summed E-state index contributed by atoms with van der Waals surface area (Å²) in [5, 5.41) is 13.7. The molecule has 0 radical (unpaired) electrons. The van der Waals surface area contributed by atoms with Crippen molar-refractivity contribution in [1.29, 1.82) is 0 Å². The summed E-state index contributed by atoms with van der Waals surface area (Å²) < 4.78 is 7.65. The van der Waals surface area contributed by atoms with Crippen LogP contribution in [0.1, 0.15) is 47.1 Å². The van der Waals surface area contributed by atoms with Crippen LogP contribution in [0.3, 0.4) is 0 Å². The van der Waals surface area contributed by atoms with Crippen LogP contribution in [0.25, 0.3) is 0 Å². The van der Waals surface area contributed by atoms with Crippen molar-refractivity contribution >= 4 is 11.3 Å². The third-order valence-electron chi connectivity index (χ3n) is 4.21. The van der Waals surface area contributed by atoms with Crippen molar-refractivity contribution < 1.29 is 9.84 Å². The number of rotatable bonds is 5. The van der Waals surface area contributed by atoms with Crippen molar-refractivity contribution in [3.63, 3.8) is 0 Å². The lowest BCUT2D eigenvalue weighted by Crippen LogP contribution is -2.11. The van der Waals surface area contributed by atoms with E-state index in [-0.39, 0.29) is 6.10 Å². The monoisotopic (exact) mass is 341 g/mol. The Hall–Kier alpha value is -2.02. The molecule has 0 saturated carbocycles. The quantitative estimate of drug-likeness (QED) is 0.773. The van der Waals surface area contributed by atoms with Gasteiger partial charge in [0.2, 0.25) is 0 Å². The SMILES string of the molecule is O[C@H](c1ccccc1)c1nccn1Cc1csc([C@H]2CCCO2)n1. The molecule has 3 aromatic rings. The maximum atomic E-state index is 10.6. The Kier molecular flexibility index (Phi) is 4.42. The fourth-order valence-corrected chi connectivity index (χ4v) is 3.87. The average Bonchev–Trinajstić information content (AvgIpc) is 3.37. The lowest BCUT2D eigenvalue weighted by Gasteiger charge is -2.13. The molecule has 4 rings (SSSR count). The maximum Gasteiger partial charge on any atom is 0.142 e. The van der Waals surface area contributed by atoms with E-state index in [1.807, 2.05) is 41.1 Å². The van der Waals surface area contributed by atoms with Gasteiger partial charge in [-0.3, -0.25) is 0 Å². The minimum absolute atomic E-state index is 0.154. The number of hydrogen-bond donors (Lipinski definition) is 1. The number of aliphatic hydroxyl groups is 1. The molecule has 1 aliphatic rings. The second kappa shape index (κ2) is 6.84. The topological polar surface area (TPSA) is 60.2 Å². The molecule has 5 nitrogen and oxygen atoms in total. The Balaban J connectivity index is 1.53. The molecule has 2 atom stereocenters. The molecular formula is C18H19N3O2S. The summed E-state index contributed by atoms with van der Waals surface area (Å²) in [6, 6.07) is 9.58. The molecule has 1 saturated heterocycles. The second-order valence-corrected chi connectivity index (χ2v) is 6.79. The van der Waals surface area contributed by atoms with Gasteiger partial charge in [0.1, 0.15) is 23.0 Å². The zero-order valence-corrected chi connectivity index (χ0v) is 14.0. The highest BCUT2D eigenvalue weighted by Gasteiger charge is 2.21. The van der Waals surface area contributed by atoms with Gasteiger partial charge in [-0.2, -0.15) is 0 Å². The Bertz CT molecular complexity index is 793. The van der Waals surface area contributed by atoms with E-state index in [0.717, 1.165) is 35.7 Å². The van der Waals surface area contributed by atoms with Crippen LogP contribution < -0.4 is 0 Å². The highest BCUT2D eigenvalue weighted by Crippen LogP contribution is 2.31. The van der Waals surface area contributed by atoms with E-state index < -0.39 is 6.10 Å². The van der Waals surface area contributed by atoms with Crippen LogP contribution in [-0.2, 0) is 11.3 Å². The number of aliphatic hydroxyl groups excluding tert-OH is 1. The molecule has 3 heterocycles. The van der Waals surface area contributed by atoms with Crippen molar-refractivity contribution in [2.75, 3.05) is 6.61 Å². The van der Waals surface area contributed by atoms with E-state index in [1.165, 1.54) is 0 Å². The fraction of sp³-hybridized carbons (Fsp3) is 0.333. The minimum atomic E-state index is -0.738. The van der Waals surface area contributed by atoms with Crippen molar-refractivity contribution in [2.45, 2.75) is 31.6 Å². The molecular weight excluding hydrogens is 322 g/mol. The van der Waals surface area contributed by atoms with E-state index >= 15 is 0 Å². The largest absolute Gasteiger partial charge is 0.380 e. The van der Waals surface area contributed by atoms with Crippen LogP contribution >= 0.6 is 11.3 Å². The predicted octanol–water partition coefficient (Wildman–Crippen LogP) is 3.32. The van der Waals surface area contributed by atoms with Gasteiger partial charge in [-0.1, -0.05) is 30.3 Å². The van der Waals surface area contributed by atoms with Gasteiger partial charge in [-0.25, -0.2) is 9.97 Å². The van der Waals surface area contributed by atoms with E-state index in [9.17, 15) is 5.11 Å². The van der Waals surface area contributed by atoms with Crippen molar-refractivity contribution in [2.24, 2.45) is 0 Å². The second-order valence-electron chi connectivity index (χ2n) is 5.91. The molecule has 6 heteroatoms. The van der Waals surface area contributed by atoms with Crippen molar-refractivity contribution in [3.05, 3.63) is 70.2 Å². The first-order valence-electron chi connectivity index (χ1n) is 8.11. The summed E-state index contributed by atoms with van der Waals surface area (Å²) in [7, 11) is 0. The Morgan fingerprint density at radius 2 is 2.21 bits per heavy atom. The van der Waals surface area contributed by atoms with Crippen molar-refractivity contribution in [1.82, 2.24) is 14.5 Å². The van der Waals surface area contributed by atoms with E-state index in [4.69, 9.17) is 9.72 Å². The van der Waals surface area contributed by atoms with Crippen LogP contribution in [-0.4, -0.2) is 26.2 Å². The summed E-state index contributed by atoms with van der Waals surface area (Å²) in [6.45, 7) is 1.43. The summed E-state index contributed by atoms with van der Waals surface area (Å²) in [6.07, 6.45) is 5.17. The molecule has 0 aliphatic carbocycles. The summed E-state index contributed by atoms with van der Waals surface area (Å²) in [5.41, 5.74) is 1.81. The number of hydrogen-bond acceptors (Lipinski definition) is 5. The van der Waals surface area contributed by atoms with E-state index in [1.54, 1.807) is 17.5 Å². The number of aromatic nitrogens is 3. The van der Waals surface area contributed by atoms with Gasteiger partial charge in [-0.15, -0.1) is 11.3 Å². The molecule has 1 aliphatic heterocycles. The fourth-order valence-electron chi connectivity index (χ4n) is 2.98. The van der Waals surface area contributed by atoms with Gasteiger partial charge in [0.05, 0.1) is 12.2 Å². The number of imidazole rings is 1. The molecule has 0 amide bonds. The molecule has 2 aromatic heterocycles. The highest BCUT2D eigenvalue weighted by atomic mass is 32.1. The van der Waals surface area contributed by atoms with Crippen LogP contribution in [0.5, 0.6) is 0 Å². The van der Waals surface area contributed by atoms with Crippen LogP contribution in [0.4, 0.5) is 0 Å². The number of nitrogens with zero attached hydrogens (tertiary/aromatic N) is 3. The normalized spacial score (nSPS) is 18.8. The summed E-state index contributed by atoms with van der Waals surface area (Å²) in [4.78, 5) is 9.04. The predicted molar refractivity (Wildman–Crippen MR) is 91.9 cm³/mol. The zero-order chi connectivity index (χ0) is 16.4. The lowest BCUT2D eigenvalue weighted by atomic mass is 10.1. The average molecular weight is 341 g/mol. The van der Waals surface area contributed by atoms with Gasteiger partial charge in [-0.05, 0) is 18.4 Å². The van der Waals surface area contributed by atoms with Crippen molar-refractivity contribution in [3.8, 4) is 0 Å². The Morgan fingerprint density at radius 1 is 1.33 bits per heavy atom. The minimum Gasteiger partial charge on any atom is -0.380 e. The standard InChI is InChI=1S/C18H19N3O2S/c22-16(13-5-2-1-3-6-13)17-19-8-9-21(17)11-14-12-24-18(20-14)15-7-4-10-23-15/h1-3,5-6,8-9,12,15-16,22H,4,7,10-11H2/t15-,16-/m1/s1. The molecule has 24 heavy (non-hydrogen) atoms. The maximum absolute atomic E-state index is 10.6. The van der Waals surface area contributed by atoms with Gasteiger partial charge in [0.15, 0.2) is 0 Å². The van der Waals surface area contributed by atoms with Gasteiger partial charge >= 0.3 is 0 Å². The molecule has 1 aromatic carbocycles. The van der Waals surface area contributed by atoms with Crippen LogP contribution in [0, 0.1) is 0 Å².